The second kappa shape index (κ2) is 6.49. The van der Waals surface area contributed by atoms with E-state index in [0.29, 0.717) is 16.9 Å². The molecule has 0 aromatic heterocycles. The van der Waals surface area contributed by atoms with Gasteiger partial charge in [0.1, 0.15) is 18.2 Å². The van der Waals surface area contributed by atoms with Crippen LogP contribution in [0.4, 0.5) is 4.39 Å². The quantitative estimate of drug-likeness (QED) is 0.511. The largest absolute Gasteiger partial charge is 0.488 e. The normalized spacial score (nSPS) is 10.2. The minimum Gasteiger partial charge on any atom is -0.488 e. The average molecular weight is 339 g/mol. The Bertz CT molecular complexity index is 634. The molecule has 0 aliphatic carbocycles. The van der Waals surface area contributed by atoms with E-state index in [-0.39, 0.29) is 12.4 Å². The van der Waals surface area contributed by atoms with Crippen LogP contribution in [0, 0.1) is 5.82 Å². The molecule has 0 radical (unpaired) electrons. The van der Waals surface area contributed by atoms with Gasteiger partial charge in [0.05, 0.1) is 5.56 Å². The second-order valence-corrected chi connectivity index (χ2v) is 4.95. The van der Waals surface area contributed by atoms with E-state index in [2.05, 4.69) is 21.4 Å². The van der Waals surface area contributed by atoms with Crippen molar-refractivity contribution in [3.8, 4) is 5.75 Å². The van der Waals surface area contributed by atoms with E-state index in [4.69, 9.17) is 10.6 Å². The topological polar surface area (TPSA) is 64.3 Å². The molecule has 0 heterocycles. The zero-order valence-corrected chi connectivity index (χ0v) is 12.0. The van der Waals surface area contributed by atoms with Crippen molar-refractivity contribution in [3.05, 3.63) is 63.9 Å². The van der Waals surface area contributed by atoms with Crippen LogP contribution in [0.15, 0.2) is 46.9 Å². The lowest BCUT2D eigenvalue weighted by molar-refractivity contribution is 0.0949. The van der Waals surface area contributed by atoms with Crippen molar-refractivity contribution >= 4 is 21.8 Å². The summed E-state index contributed by atoms with van der Waals surface area (Å²) in [5.41, 5.74) is 3.03. The standard InChI is InChI=1S/C14H12BrFN2O2/c15-10-4-5-13(12(7-10)14(19)18-17)20-8-9-2-1-3-11(16)6-9/h1-7H,8,17H2,(H,18,19). The van der Waals surface area contributed by atoms with E-state index in [1.807, 2.05) is 0 Å². The molecule has 0 bridgehead atoms. The Morgan fingerprint density at radius 1 is 1.30 bits per heavy atom. The van der Waals surface area contributed by atoms with Crippen molar-refractivity contribution < 1.29 is 13.9 Å². The maximum absolute atomic E-state index is 13.1. The molecule has 6 heteroatoms. The molecule has 0 saturated carbocycles. The molecule has 2 aromatic rings. The highest BCUT2D eigenvalue weighted by Gasteiger charge is 2.12. The van der Waals surface area contributed by atoms with E-state index >= 15 is 0 Å². The van der Waals surface area contributed by atoms with Crippen molar-refractivity contribution in [2.75, 3.05) is 0 Å². The monoisotopic (exact) mass is 338 g/mol. The summed E-state index contributed by atoms with van der Waals surface area (Å²) in [5, 5.41) is 0. The van der Waals surface area contributed by atoms with Gasteiger partial charge in [0.15, 0.2) is 0 Å². The Balaban J connectivity index is 2.19. The van der Waals surface area contributed by atoms with Crippen LogP contribution in [-0.4, -0.2) is 5.91 Å². The lowest BCUT2D eigenvalue weighted by atomic mass is 10.2. The molecular formula is C14H12BrFN2O2. The molecule has 2 aromatic carbocycles. The number of hydrogen-bond donors (Lipinski definition) is 2. The summed E-state index contributed by atoms with van der Waals surface area (Å²) in [6.45, 7) is 0.157. The number of rotatable bonds is 4. The van der Waals surface area contributed by atoms with Gasteiger partial charge in [-0.05, 0) is 35.9 Å². The summed E-state index contributed by atoms with van der Waals surface area (Å²) in [7, 11) is 0. The van der Waals surface area contributed by atoms with Gasteiger partial charge in [-0.15, -0.1) is 0 Å². The fraction of sp³-hybridized carbons (Fsp3) is 0.0714. The predicted octanol–water partition coefficient (Wildman–Crippen LogP) is 2.77. The number of nitrogen functional groups attached to an aromatic ring is 1. The van der Waals surface area contributed by atoms with Crippen molar-refractivity contribution in [2.24, 2.45) is 5.84 Å². The number of halogens is 2. The number of ether oxygens (including phenoxy) is 1. The van der Waals surface area contributed by atoms with Gasteiger partial charge in [0.25, 0.3) is 5.91 Å². The molecule has 20 heavy (non-hydrogen) atoms. The lowest BCUT2D eigenvalue weighted by Crippen LogP contribution is -2.30. The van der Waals surface area contributed by atoms with E-state index < -0.39 is 5.91 Å². The molecule has 4 nitrogen and oxygen atoms in total. The maximum atomic E-state index is 13.1. The number of nitrogens with one attached hydrogen (secondary N) is 1. The Kier molecular flexibility index (Phi) is 4.70. The number of nitrogens with two attached hydrogens (primary N) is 1. The lowest BCUT2D eigenvalue weighted by Gasteiger charge is -2.11. The van der Waals surface area contributed by atoms with Gasteiger partial charge in [-0.1, -0.05) is 28.1 Å². The third kappa shape index (κ3) is 3.55. The van der Waals surface area contributed by atoms with Gasteiger partial charge < -0.3 is 4.74 Å². The molecule has 1 amide bonds. The Morgan fingerprint density at radius 3 is 2.80 bits per heavy atom. The van der Waals surface area contributed by atoms with E-state index in [1.165, 1.54) is 12.1 Å². The van der Waals surface area contributed by atoms with Gasteiger partial charge in [-0.2, -0.15) is 0 Å². The number of hydrogen-bond acceptors (Lipinski definition) is 3. The van der Waals surface area contributed by atoms with E-state index in [1.54, 1.807) is 30.3 Å². The molecule has 0 aliphatic rings. The zero-order valence-electron chi connectivity index (χ0n) is 10.4. The summed E-state index contributed by atoms with van der Waals surface area (Å²) in [6.07, 6.45) is 0. The third-order valence-electron chi connectivity index (χ3n) is 2.60. The molecule has 0 unspecified atom stereocenters. The molecule has 0 saturated heterocycles. The van der Waals surface area contributed by atoms with Crippen molar-refractivity contribution in [2.45, 2.75) is 6.61 Å². The first kappa shape index (κ1) is 14.5. The van der Waals surface area contributed by atoms with Crippen molar-refractivity contribution in [1.29, 1.82) is 0 Å². The van der Waals surface area contributed by atoms with Crippen LogP contribution in [0.25, 0.3) is 0 Å². The zero-order chi connectivity index (χ0) is 14.5. The number of carbonyl (C=O) groups excluding carboxylic acids is 1. The van der Waals surface area contributed by atoms with Gasteiger partial charge in [-0.25, -0.2) is 10.2 Å². The van der Waals surface area contributed by atoms with Crippen LogP contribution in [0.1, 0.15) is 15.9 Å². The first-order chi connectivity index (χ1) is 9.60. The highest BCUT2D eigenvalue weighted by atomic mass is 79.9. The van der Waals surface area contributed by atoms with Crippen LogP contribution >= 0.6 is 15.9 Å². The van der Waals surface area contributed by atoms with E-state index in [9.17, 15) is 9.18 Å². The van der Waals surface area contributed by atoms with Crippen LogP contribution < -0.4 is 16.0 Å². The van der Waals surface area contributed by atoms with Gasteiger partial charge in [0, 0.05) is 4.47 Å². The summed E-state index contributed by atoms with van der Waals surface area (Å²) >= 11 is 3.27. The Morgan fingerprint density at radius 2 is 2.10 bits per heavy atom. The fourth-order valence-corrected chi connectivity index (χ4v) is 2.03. The van der Waals surface area contributed by atoms with Crippen LogP contribution in [-0.2, 0) is 6.61 Å². The summed E-state index contributed by atoms with van der Waals surface area (Å²) in [5.74, 6) is 4.72. The first-order valence-electron chi connectivity index (χ1n) is 5.78. The molecule has 2 rings (SSSR count). The molecule has 0 spiro atoms. The van der Waals surface area contributed by atoms with Crippen LogP contribution in [0.5, 0.6) is 5.75 Å². The molecule has 104 valence electrons. The van der Waals surface area contributed by atoms with Gasteiger partial charge >= 0.3 is 0 Å². The summed E-state index contributed by atoms with van der Waals surface area (Å²) < 4.78 is 19.3. The van der Waals surface area contributed by atoms with Gasteiger partial charge in [0.2, 0.25) is 0 Å². The smallest absolute Gasteiger partial charge is 0.268 e. The number of benzene rings is 2. The molecular weight excluding hydrogens is 327 g/mol. The SMILES string of the molecule is NNC(=O)c1cc(Br)ccc1OCc1cccc(F)c1. The molecule has 0 aliphatic heterocycles. The number of hydrazine groups is 1. The van der Waals surface area contributed by atoms with E-state index in [0.717, 1.165) is 4.47 Å². The highest BCUT2D eigenvalue weighted by Crippen LogP contribution is 2.24. The van der Waals surface area contributed by atoms with Crippen molar-refractivity contribution in [1.82, 2.24) is 5.43 Å². The second-order valence-electron chi connectivity index (χ2n) is 4.03. The minimum atomic E-state index is -0.458. The Hall–Kier alpha value is -1.92. The average Bonchev–Trinajstić information content (AvgIpc) is 2.45. The highest BCUT2D eigenvalue weighted by molar-refractivity contribution is 9.10. The van der Waals surface area contributed by atoms with Crippen molar-refractivity contribution in [3.63, 3.8) is 0 Å². The van der Waals surface area contributed by atoms with Crippen LogP contribution in [0.3, 0.4) is 0 Å². The number of amides is 1. The van der Waals surface area contributed by atoms with Gasteiger partial charge in [-0.3, -0.25) is 10.2 Å². The minimum absolute atomic E-state index is 0.157. The Labute approximate surface area is 123 Å². The molecule has 0 atom stereocenters. The fourth-order valence-electron chi connectivity index (χ4n) is 1.67. The first-order valence-corrected chi connectivity index (χ1v) is 6.57. The molecule has 3 N–H and O–H groups in total. The number of carbonyl (C=O) groups is 1. The maximum Gasteiger partial charge on any atom is 0.268 e. The predicted molar refractivity (Wildman–Crippen MR) is 76.5 cm³/mol. The third-order valence-corrected chi connectivity index (χ3v) is 3.09. The summed E-state index contributed by atoms with van der Waals surface area (Å²) in [4.78, 5) is 11.7. The molecule has 0 fully saturated rings. The summed E-state index contributed by atoms with van der Waals surface area (Å²) in [6, 6.07) is 11.1. The van der Waals surface area contributed by atoms with Crippen LogP contribution in [0.2, 0.25) is 0 Å².